The first-order chi connectivity index (χ1) is 19.8. The summed E-state index contributed by atoms with van der Waals surface area (Å²) in [7, 11) is 1.65. The zero-order valence-electron chi connectivity index (χ0n) is 24.1. The topological polar surface area (TPSA) is 65.1 Å². The minimum atomic E-state index is -0.0822. The van der Waals surface area contributed by atoms with E-state index in [0.29, 0.717) is 49.2 Å². The van der Waals surface area contributed by atoms with Crippen LogP contribution in [0.4, 0.5) is 10.5 Å². The monoisotopic (exact) mass is 574 g/mol. The first-order valence-corrected chi connectivity index (χ1v) is 14.4. The highest BCUT2D eigenvalue weighted by molar-refractivity contribution is 6.30. The Hall–Kier alpha value is -3.81. The number of urea groups is 1. The number of hydrogen-bond donors (Lipinski definition) is 1. The fourth-order valence-electron chi connectivity index (χ4n) is 4.78. The summed E-state index contributed by atoms with van der Waals surface area (Å²) in [4.78, 5) is 32.2. The number of methoxy groups -OCH3 is 1. The lowest BCUT2D eigenvalue weighted by molar-refractivity contribution is 0.0739. The predicted molar refractivity (Wildman–Crippen MR) is 167 cm³/mol. The molecule has 0 bridgehead atoms. The van der Waals surface area contributed by atoms with Gasteiger partial charge in [0.25, 0.3) is 5.91 Å². The van der Waals surface area contributed by atoms with E-state index in [1.165, 1.54) is 5.56 Å². The highest BCUT2D eigenvalue weighted by Crippen LogP contribution is 2.20. The molecule has 0 aliphatic carbocycles. The Kier molecular flexibility index (Phi) is 10.8. The summed E-state index contributed by atoms with van der Waals surface area (Å²) in [6, 6.07) is 22.8. The minimum Gasteiger partial charge on any atom is -0.496 e. The van der Waals surface area contributed by atoms with Gasteiger partial charge in [0, 0.05) is 67.7 Å². The van der Waals surface area contributed by atoms with Crippen molar-refractivity contribution in [3.63, 3.8) is 0 Å². The molecule has 0 radical (unpaired) electrons. The zero-order valence-corrected chi connectivity index (χ0v) is 24.8. The molecule has 216 valence electrons. The number of carbonyl (C=O) groups is 2. The number of nitrogens with zero attached hydrogens (tertiary/aromatic N) is 3. The van der Waals surface area contributed by atoms with E-state index >= 15 is 0 Å². The number of benzene rings is 3. The number of nitrogens with one attached hydrogen (secondary N) is 1. The molecule has 0 aromatic heterocycles. The number of ether oxygens (including phenoxy) is 1. The molecule has 0 unspecified atom stereocenters. The van der Waals surface area contributed by atoms with Gasteiger partial charge in [-0.3, -0.25) is 9.69 Å². The SMILES string of the molecule is COc1ccccc1/C=C/CN(CCN1CCN(C(=O)Nc2ccc(C(C)C)cc2)CC1)C(=O)c1cccc(Cl)c1. The summed E-state index contributed by atoms with van der Waals surface area (Å²) in [5, 5.41) is 3.55. The van der Waals surface area contributed by atoms with Gasteiger partial charge in [0.2, 0.25) is 0 Å². The molecule has 1 aliphatic heterocycles. The molecule has 1 heterocycles. The summed E-state index contributed by atoms with van der Waals surface area (Å²) < 4.78 is 5.45. The van der Waals surface area contributed by atoms with Crippen molar-refractivity contribution in [1.82, 2.24) is 14.7 Å². The van der Waals surface area contributed by atoms with E-state index in [0.717, 1.165) is 30.1 Å². The molecule has 0 atom stereocenters. The molecule has 1 fully saturated rings. The van der Waals surface area contributed by atoms with Crippen LogP contribution in [0.5, 0.6) is 5.75 Å². The van der Waals surface area contributed by atoms with Crippen LogP contribution in [0.2, 0.25) is 5.02 Å². The highest BCUT2D eigenvalue weighted by atomic mass is 35.5. The molecular weight excluding hydrogens is 536 g/mol. The summed E-state index contributed by atoms with van der Waals surface area (Å²) in [5.74, 6) is 1.16. The standard InChI is InChI=1S/C33H39ClN4O3/c1-25(2)26-13-15-30(16-14-26)35-33(40)38-22-19-36(20-23-38)18-21-37(32(39)28-9-6-11-29(34)24-28)17-7-10-27-8-4-5-12-31(27)41-3/h4-16,24-25H,17-23H2,1-3H3,(H,35,40)/b10-7+. The van der Waals surface area contributed by atoms with Gasteiger partial charge in [-0.1, -0.05) is 74.0 Å². The Balaban J connectivity index is 1.33. The van der Waals surface area contributed by atoms with E-state index in [4.69, 9.17) is 16.3 Å². The second-order valence-corrected chi connectivity index (χ2v) is 10.9. The fourth-order valence-corrected chi connectivity index (χ4v) is 4.97. The fraction of sp³-hybridized carbons (Fsp3) is 0.333. The summed E-state index contributed by atoms with van der Waals surface area (Å²) >= 11 is 6.18. The molecule has 1 aliphatic rings. The van der Waals surface area contributed by atoms with Gasteiger partial charge in [0.05, 0.1) is 7.11 Å². The second-order valence-electron chi connectivity index (χ2n) is 10.4. The van der Waals surface area contributed by atoms with Gasteiger partial charge in [0.1, 0.15) is 5.75 Å². The molecule has 1 N–H and O–H groups in total. The largest absolute Gasteiger partial charge is 0.496 e. The van der Waals surface area contributed by atoms with Crippen LogP contribution >= 0.6 is 11.6 Å². The zero-order chi connectivity index (χ0) is 29.2. The third-order valence-electron chi connectivity index (χ3n) is 7.30. The van der Waals surface area contributed by atoms with Crippen molar-refractivity contribution in [2.24, 2.45) is 0 Å². The highest BCUT2D eigenvalue weighted by Gasteiger charge is 2.23. The second kappa shape index (κ2) is 14.7. The van der Waals surface area contributed by atoms with Crippen LogP contribution in [0.1, 0.15) is 41.3 Å². The Morgan fingerprint density at radius 3 is 2.41 bits per heavy atom. The van der Waals surface area contributed by atoms with Crippen molar-refractivity contribution in [3.05, 3.63) is 101 Å². The van der Waals surface area contributed by atoms with E-state index in [-0.39, 0.29) is 11.9 Å². The number of para-hydroxylation sites is 1. The molecule has 7 nitrogen and oxygen atoms in total. The van der Waals surface area contributed by atoms with Gasteiger partial charge in [0.15, 0.2) is 0 Å². The van der Waals surface area contributed by atoms with Crippen molar-refractivity contribution >= 4 is 35.3 Å². The van der Waals surface area contributed by atoms with Gasteiger partial charge in [-0.2, -0.15) is 0 Å². The van der Waals surface area contributed by atoms with Crippen LogP contribution < -0.4 is 10.1 Å². The van der Waals surface area contributed by atoms with Crippen LogP contribution in [0.3, 0.4) is 0 Å². The van der Waals surface area contributed by atoms with Gasteiger partial charge < -0.3 is 19.9 Å². The molecule has 0 saturated carbocycles. The lowest BCUT2D eigenvalue weighted by Crippen LogP contribution is -2.51. The molecule has 3 aromatic carbocycles. The van der Waals surface area contributed by atoms with Crippen molar-refractivity contribution < 1.29 is 14.3 Å². The molecule has 41 heavy (non-hydrogen) atoms. The third-order valence-corrected chi connectivity index (χ3v) is 7.53. The number of carbonyl (C=O) groups excluding carboxylic acids is 2. The van der Waals surface area contributed by atoms with Crippen molar-refractivity contribution in [1.29, 1.82) is 0 Å². The molecule has 0 spiro atoms. The maximum atomic E-state index is 13.4. The Morgan fingerprint density at radius 1 is 1.00 bits per heavy atom. The van der Waals surface area contributed by atoms with Gasteiger partial charge in [-0.15, -0.1) is 0 Å². The maximum Gasteiger partial charge on any atom is 0.321 e. The molecule has 1 saturated heterocycles. The number of hydrogen-bond acceptors (Lipinski definition) is 4. The summed E-state index contributed by atoms with van der Waals surface area (Å²) in [6.07, 6.45) is 3.96. The lowest BCUT2D eigenvalue weighted by Gasteiger charge is -2.35. The van der Waals surface area contributed by atoms with E-state index < -0.39 is 0 Å². The van der Waals surface area contributed by atoms with Crippen LogP contribution in [0.25, 0.3) is 6.08 Å². The number of anilines is 1. The number of amides is 3. The number of piperazine rings is 1. The average molecular weight is 575 g/mol. The van der Waals surface area contributed by atoms with Crippen LogP contribution in [-0.4, -0.2) is 79.6 Å². The molecule has 8 heteroatoms. The molecule has 4 rings (SSSR count). The van der Waals surface area contributed by atoms with Crippen molar-refractivity contribution in [2.45, 2.75) is 19.8 Å². The quantitative estimate of drug-likeness (QED) is 0.301. The van der Waals surface area contributed by atoms with Crippen LogP contribution in [0.15, 0.2) is 78.9 Å². The summed E-state index contributed by atoms with van der Waals surface area (Å²) in [6.45, 7) is 8.76. The predicted octanol–water partition coefficient (Wildman–Crippen LogP) is 6.48. The van der Waals surface area contributed by atoms with E-state index in [9.17, 15) is 9.59 Å². The molecular formula is C33H39ClN4O3. The van der Waals surface area contributed by atoms with Crippen molar-refractivity contribution in [2.75, 3.05) is 58.2 Å². The smallest absolute Gasteiger partial charge is 0.321 e. The van der Waals surface area contributed by atoms with Gasteiger partial charge in [-0.05, 0) is 47.9 Å². The first kappa shape index (κ1) is 30.2. The third kappa shape index (κ3) is 8.59. The normalized spacial score (nSPS) is 13.9. The Morgan fingerprint density at radius 2 is 1.73 bits per heavy atom. The Labute approximate surface area is 248 Å². The number of halogens is 1. The number of rotatable bonds is 10. The van der Waals surface area contributed by atoms with E-state index in [1.54, 1.807) is 31.4 Å². The lowest BCUT2D eigenvalue weighted by atomic mass is 10.0. The summed E-state index contributed by atoms with van der Waals surface area (Å²) in [5.41, 5.74) is 3.56. The molecule has 3 amide bonds. The van der Waals surface area contributed by atoms with E-state index in [2.05, 4.69) is 36.2 Å². The molecule has 3 aromatic rings. The van der Waals surface area contributed by atoms with Gasteiger partial charge >= 0.3 is 6.03 Å². The average Bonchev–Trinajstić information content (AvgIpc) is 2.99. The first-order valence-electron chi connectivity index (χ1n) is 14.1. The minimum absolute atomic E-state index is 0.0707. The van der Waals surface area contributed by atoms with Crippen LogP contribution in [0, 0.1) is 0 Å². The maximum absolute atomic E-state index is 13.4. The Bertz CT molecular complexity index is 1330. The van der Waals surface area contributed by atoms with E-state index in [1.807, 2.05) is 58.4 Å². The van der Waals surface area contributed by atoms with Crippen molar-refractivity contribution in [3.8, 4) is 5.75 Å². The van der Waals surface area contributed by atoms with Crippen LogP contribution in [-0.2, 0) is 0 Å². The van der Waals surface area contributed by atoms with Gasteiger partial charge in [-0.25, -0.2) is 4.79 Å².